The van der Waals surface area contributed by atoms with Gasteiger partial charge in [0.15, 0.2) is 0 Å². The fraction of sp³-hybridized carbons (Fsp3) is 0.133. The number of benzene rings is 2. The number of rotatable bonds is 3. The Morgan fingerprint density at radius 2 is 1.80 bits per heavy atom. The molecule has 0 bridgehead atoms. The van der Waals surface area contributed by atoms with Crippen LogP contribution in [-0.4, -0.2) is 11.1 Å². The summed E-state index contributed by atoms with van der Waals surface area (Å²) in [6, 6.07) is 7.87. The number of hydrogen-bond donors (Lipinski definition) is 2. The second-order valence-corrected chi connectivity index (χ2v) is 5.40. The minimum atomic E-state index is -0.967. The highest BCUT2D eigenvalue weighted by molar-refractivity contribution is 9.10. The molecule has 0 heterocycles. The molecule has 0 spiro atoms. The molecule has 0 aliphatic heterocycles. The van der Waals surface area contributed by atoms with E-state index in [2.05, 4.69) is 21.2 Å². The fourth-order valence-corrected chi connectivity index (χ4v) is 2.32. The van der Waals surface area contributed by atoms with Crippen molar-refractivity contribution in [3.05, 3.63) is 57.3 Å². The summed E-state index contributed by atoms with van der Waals surface area (Å²) in [5.41, 5.74) is 3.30. The van der Waals surface area contributed by atoms with Gasteiger partial charge in [0.1, 0.15) is 5.82 Å². The number of anilines is 2. The molecule has 2 N–H and O–H groups in total. The summed E-state index contributed by atoms with van der Waals surface area (Å²) in [7, 11) is 0. The molecule has 0 radical (unpaired) electrons. The molecular weight excluding hydrogens is 325 g/mol. The number of halogens is 2. The molecule has 0 fully saturated rings. The molecule has 0 unspecified atom stereocenters. The third kappa shape index (κ3) is 2.99. The standard InChI is InChI=1S/C15H13BrFNO2/c1-8-5-10(15(19)20)3-4-13(8)18-14-7-12(17)11(16)6-9(14)2/h3-7,18H,1-2H3,(H,19,20). The normalized spacial score (nSPS) is 10.4. The first-order chi connectivity index (χ1) is 9.38. The van der Waals surface area contributed by atoms with Gasteiger partial charge in [-0.2, -0.15) is 0 Å². The number of nitrogens with one attached hydrogen (secondary N) is 1. The number of carbonyl (C=O) groups is 1. The van der Waals surface area contributed by atoms with E-state index in [1.807, 2.05) is 6.92 Å². The van der Waals surface area contributed by atoms with Crippen LogP contribution in [0, 0.1) is 19.7 Å². The van der Waals surface area contributed by atoms with Crippen LogP contribution < -0.4 is 5.32 Å². The van der Waals surface area contributed by atoms with Gasteiger partial charge < -0.3 is 10.4 Å². The van der Waals surface area contributed by atoms with Gasteiger partial charge in [-0.05, 0) is 71.2 Å². The zero-order chi connectivity index (χ0) is 14.9. The van der Waals surface area contributed by atoms with Gasteiger partial charge in [0.05, 0.1) is 10.0 Å². The van der Waals surface area contributed by atoms with Gasteiger partial charge in [0, 0.05) is 11.4 Å². The van der Waals surface area contributed by atoms with E-state index in [1.165, 1.54) is 12.1 Å². The van der Waals surface area contributed by atoms with E-state index in [1.54, 1.807) is 25.1 Å². The molecule has 0 atom stereocenters. The summed E-state index contributed by atoms with van der Waals surface area (Å²) >= 11 is 3.14. The average molecular weight is 338 g/mol. The molecule has 0 saturated carbocycles. The Morgan fingerprint density at radius 1 is 1.15 bits per heavy atom. The first kappa shape index (κ1) is 14.5. The van der Waals surface area contributed by atoms with Crippen LogP contribution in [0.4, 0.5) is 15.8 Å². The monoisotopic (exact) mass is 337 g/mol. The lowest BCUT2D eigenvalue weighted by molar-refractivity contribution is 0.0697. The smallest absolute Gasteiger partial charge is 0.335 e. The second-order valence-electron chi connectivity index (χ2n) is 4.54. The van der Waals surface area contributed by atoms with Gasteiger partial charge >= 0.3 is 5.97 Å². The van der Waals surface area contributed by atoms with Crippen LogP contribution in [0.3, 0.4) is 0 Å². The van der Waals surface area contributed by atoms with Crippen LogP contribution in [0.1, 0.15) is 21.5 Å². The van der Waals surface area contributed by atoms with Gasteiger partial charge in [0.2, 0.25) is 0 Å². The van der Waals surface area contributed by atoms with Crippen LogP contribution in [-0.2, 0) is 0 Å². The van der Waals surface area contributed by atoms with Crippen molar-refractivity contribution in [1.29, 1.82) is 0 Å². The Bertz CT molecular complexity index is 686. The Morgan fingerprint density at radius 3 is 2.40 bits per heavy atom. The number of hydrogen-bond acceptors (Lipinski definition) is 2. The van der Waals surface area contributed by atoms with Crippen molar-refractivity contribution in [3.8, 4) is 0 Å². The van der Waals surface area contributed by atoms with E-state index in [-0.39, 0.29) is 11.4 Å². The average Bonchev–Trinajstić information content (AvgIpc) is 2.37. The summed E-state index contributed by atoms with van der Waals surface area (Å²) < 4.78 is 14.0. The molecule has 0 saturated heterocycles. The quantitative estimate of drug-likeness (QED) is 0.857. The Kier molecular flexibility index (Phi) is 4.09. The third-order valence-electron chi connectivity index (χ3n) is 3.01. The minimum Gasteiger partial charge on any atom is -0.478 e. The van der Waals surface area contributed by atoms with Gasteiger partial charge in [-0.25, -0.2) is 9.18 Å². The van der Waals surface area contributed by atoms with Crippen molar-refractivity contribution in [3.63, 3.8) is 0 Å². The number of aromatic carboxylic acids is 1. The van der Waals surface area contributed by atoms with Crippen LogP contribution >= 0.6 is 15.9 Å². The molecule has 5 heteroatoms. The number of aryl methyl sites for hydroxylation is 2. The Hall–Kier alpha value is -1.88. The summed E-state index contributed by atoms with van der Waals surface area (Å²) in [4.78, 5) is 10.9. The van der Waals surface area contributed by atoms with Gasteiger partial charge in [-0.15, -0.1) is 0 Å². The van der Waals surface area contributed by atoms with Crippen molar-refractivity contribution in [2.45, 2.75) is 13.8 Å². The topological polar surface area (TPSA) is 49.3 Å². The molecular formula is C15H13BrFNO2. The third-order valence-corrected chi connectivity index (χ3v) is 3.62. The molecule has 20 heavy (non-hydrogen) atoms. The molecule has 0 aliphatic rings. The maximum absolute atomic E-state index is 13.6. The molecule has 0 amide bonds. The highest BCUT2D eigenvalue weighted by atomic mass is 79.9. The van der Waals surface area contributed by atoms with Crippen molar-refractivity contribution in [2.24, 2.45) is 0 Å². The second kappa shape index (κ2) is 5.63. The SMILES string of the molecule is Cc1cc(C(=O)O)ccc1Nc1cc(F)c(Br)cc1C. The van der Waals surface area contributed by atoms with Gasteiger partial charge in [-0.1, -0.05) is 0 Å². The predicted octanol–water partition coefficient (Wildman–Crippen LogP) is 4.65. The fourth-order valence-electron chi connectivity index (χ4n) is 1.86. The van der Waals surface area contributed by atoms with Crippen LogP contribution in [0.15, 0.2) is 34.8 Å². The van der Waals surface area contributed by atoms with E-state index in [0.29, 0.717) is 10.2 Å². The molecule has 0 aliphatic carbocycles. The largest absolute Gasteiger partial charge is 0.478 e. The maximum atomic E-state index is 13.6. The van der Waals surface area contributed by atoms with Crippen molar-refractivity contribution in [1.82, 2.24) is 0 Å². The van der Waals surface area contributed by atoms with E-state index >= 15 is 0 Å². The molecule has 2 aromatic carbocycles. The van der Waals surface area contributed by atoms with Gasteiger partial charge in [0.25, 0.3) is 0 Å². The van der Waals surface area contributed by atoms with Crippen molar-refractivity contribution >= 4 is 33.3 Å². The van der Waals surface area contributed by atoms with E-state index in [4.69, 9.17) is 5.11 Å². The maximum Gasteiger partial charge on any atom is 0.335 e. The summed E-state index contributed by atoms with van der Waals surface area (Å²) in [5.74, 6) is -1.32. The highest BCUT2D eigenvalue weighted by Gasteiger charge is 2.09. The van der Waals surface area contributed by atoms with Gasteiger partial charge in [-0.3, -0.25) is 0 Å². The lowest BCUT2D eigenvalue weighted by Crippen LogP contribution is -2.00. The molecule has 2 rings (SSSR count). The lowest BCUT2D eigenvalue weighted by Gasteiger charge is -2.13. The van der Waals surface area contributed by atoms with Crippen LogP contribution in [0.5, 0.6) is 0 Å². The predicted molar refractivity (Wildman–Crippen MR) is 80.3 cm³/mol. The van der Waals surface area contributed by atoms with E-state index in [0.717, 1.165) is 16.8 Å². The van der Waals surface area contributed by atoms with E-state index in [9.17, 15) is 9.18 Å². The zero-order valence-corrected chi connectivity index (χ0v) is 12.6. The van der Waals surface area contributed by atoms with Crippen LogP contribution in [0.25, 0.3) is 0 Å². The molecule has 3 nitrogen and oxygen atoms in total. The zero-order valence-electron chi connectivity index (χ0n) is 11.0. The molecule has 104 valence electrons. The lowest BCUT2D eigenvalue weighted by atomic mass is 10.1. The number of carboxylic acids is 1. The summed E-state index contributed by atoms with van der Waals surface area (Å²) in [6.45, 7) is 3.67. The molecule has 2 aromatic rings. The first-order valence-corrected chi connectivity index (χ1v) is 6.74. The molecule has 0 aromatic heterocycles. The van der Waals surface area contributed by atoms with E-state index < -0.39 is 5.97 Å². The van der Waals surface area contributed by atoms with Crippen molar-refractivity contribution < 1.29 is 14.3 Å². The van der Waals surface area contributed by atoms with Crippen LogP contribution in [0.2, 0.25) is 0 Å². The summed E-state index contributed by atoms with van der Waals surface area (Å²) in [5, 5.41) is 12.0. The Labute approximate surface area is 124 Å². The highest BCUT2D eigenvalue weighted by Crippen LogP contribution is 2.28. The first-order valence-electron chi connectivity index (χ1n) is 5.95. The summed E-state index contributed by atoms with van der Waals surface area (Å²) in [6.07, 6.45) is 0. The minimum absolute atomic E-state index is 0.228. The Balaban J connectivity index is 2.35. The van der Waals surface area contributed by atoms with Crippen molar-refractivity contribution in [2.75, 3.05) is 5.32 Å². The number of carboxylic acid groups (broad SMARTS) is 1.